The van der Waals surface area contributed by atoms with E-state index in [9.17, 15) is 14.9 Å². The third kappa shape index (κ3) is 6.34. The Bertz CT molecular complexity index is 547. The highest BCUT2D eigenvalue weighted by atomic mass is 16.6. The lowest BCUT2D eigenvalue weighted by Crippen LogP contribution is -2.44. The predicted octanol–water partition coefficient (Wildman–Crippen LogP) is 1.80. The summed E-state index contributed by atoms with van der Waals surface area (Å²) in [6, 6.07) is 2.04. The molecule has 2 amide bonds. The molecule has 0 aliphatic carbocycles. The molecule has 0 radical (unpaired) electrons. The minimum absolute atomic E-state index is 0.0384. The number of amides is 2. The van der Waals surface area contributed by atoms with Gasteiger partial charge in [0.15, 0.2) is 0 Å². The second-order valence-corrected chi connectivity index (χ2v) is 5.58. The van der Waals surface area contributed by atoms with Gasteiger partial charge in [-0.1, -0.05) is 12.2 Å². The van der Waals surface area contributed by atoms with Gasteiger partial charge in [-0.25, -0.2) is 4.79 Å². The van der Waals surface area contributed by atoms with Crippen molar-refractivity contribution < 1.29 is 14.3 Å². The molecule has 1 rings (SSSR count). The quantitative estimate of drug-likeness (QED) is 0.411. The molecule has 1 aliphatic heterocycles. The van der Waals surface area contributed by atoms with Gasteiger partial charge in [-0.2, -0.15) is 5.26 Å². The Morgan fingerprint density at radius 3 is 2.40 bits per heavy atom. The molecular formula is C18H26N4O3. The van der Waals surface area contributed by atoms with Crippen molar-refractivity contribution in [1.29, 1.82) is 5.26 Å². The Hall–Kier alpha value is -2.75. The number of nitriles is 1. The molecule has 25 heavy (non-hydrogen) atoms. The lowest BCUT2D eigenvalue weighted by Gasteiger charge is -2.31. The van der Waals surface area contributed by atoms with Gasteiger partial charge in [0.1, 0.15) is 11.6 Å². The van der Waals surface area contributed by atoms with Crippen LogP contribution in [0.5, 0.6) is 0 Å². The van der Waals surface area contributed by atoms with E-state index in [2.05, 4.69) is 18.5 Å². The monoisotopic (exact) mass is 346 g/mol. The largest absolute Gasteiger partial charge is 0.450 e. The van der Waals surface area contributed by atoms with Crippen LogP contribution in [0.2, 0.25) is 0 Å². The van der Waals surface area contributed by atoms with Crippen molar-refractivity contribution in [3.05, 3.63) is 37.1 Å². The van der Waals surface area contributed by atoms with Crippen LogP contribution in [-0.4, -0.2) is 60.6 Å². The molecule has 0 unspecified atom stereocenters. The van der Waals surface area contributed by atoms with Crippen LogP contribution in [0, 0.1) is 11.3 Å². The summed E-state index contributed by atoms with van der Waals surface area (Å²) >= 11 is 0. The highest BCUT2D eigenvalue weighted by Gasteiger charge is 2.23. The molecule has 0 saturated carbocycles. The lowest BCUT2D eigenvalue weighted by atomic mass is 10.1. The van der Waals surface area contributed by atoms with Gasteiger partial charge in [-0.05, 0) is 19.8 Å². The van der Waals surface area contributed by atoms with Crippen molar-refractivity contribution in [2.75, 3.05) is 32.8 Å². The zero-order valence-electron chi connectivity index (χ0n) is 14.7. The van der Waals surface area contributed by atoms with Gasteiger partial charge in [0.05, 0.1) is 6.61 Å². The SMILES string of the molecule is C=CCN(CC=C)C(=O)/C(C#N)=C\NC1CCN(C(=O)OCC)CC1. The second kappa shape index (κ2) is 10.9. The van der Waals surface area contributed by atoms with Crippen LogP contribution in [0.25, 0.3) is 0 Å². The smallest absolute Gasteiger partial charge is 0.409 e. The number of nitrogens with zero attached hydrogens (tertiary/aromatic N) is 3. The minimum atomic E-state index is -0.362. The number of likely N-dealkylation sites (tertiary alicyclic amines) is 1. The third-order valence-electron chi connectivity index (χ3n) is 3.82. The fourth-order valence-corrected chi connectivity index (χ4v) is 2.51. The van der Waals surface area contributed by atoms with Crippen molar-refractivity contribution >= 4 is 12.0 Å². The number of carbonyl (C=O) groups is 2. The first kappa shape index (κ1) is 20.3. The van der Waals surface area contributed by atoms with Crippen LogP contribution in [0.1, 0.15) is 19.8 Å². The standard InChI is InChI=1S/C18H26N4O3/c1-4-9-21(10-5-2)17(23)15(13-19)14-20-16-7-11-22(12-8-16)18(24)25-6-3/h4-5,14,16,20H,1-2,6-12H2,3H3/b15-14-. The molecule has 1 heterocycles. The van der Waals surface area contributed by atoms with Crippen LogP contribution < -0.4 is 5.32 Å². The number of hydrogen-bond donors (Lipinski definition) is 1. The molecular weight excluding hydrogens is 320 g/mol. The summed E-state index contributed by atoms with van der Waals surface area (Å²) < 4.78 is 4.98. The molecule has 1 fully saturated rings. The summed E-state index contributed by atoms with van der Waals surface area (Å²) in [6.07, 6.45) is 5.83. The number of nitrogens with one attached hydrogen (secondary N) is 1. The van der Waals surface area contributed by atoms with E-state index < -0.39 is 0 Å². The van der Waals surface area contributed by atoms with E-state index in [1.807, 2.05) is 6.07 Å². The van der Waals surface area contributed by atoms with Gasteiger partial charge >= 0.3 is 6.09 Å². The van der Waals surface area contributed by atoms with Gasteiger partial charge in [-0.3, -0.25) is 4.79 Å². The van der Waals surface area contributed by atoms with Crippen molar-refractivity contribution in [2.24, 2.45) is 0 Å². The van der Waals surface area contributed by atoms with Crippen LogP contribution in [-0.2, 0) is 9.53 Å². The van der Waals surface area contributed by atoms with Gasteiger partial charge < -0.3 is 19.9 Å². The van der Waals surface area contributed by atoms with Gasteiger partial charge in [-0.15, -0.1) is 13.2 Å². The number of hydrogen-bond acceptors (Lipinski definition) is 5. The first-order valence-electron chi connectivity index (χ1n) is 8.36. The maximum absolute atomic E-state index is 12.4. The summed E-state index contributed by atoms with van der Waals surface area (Å²) in [5.41, 5.74) is 0.0384. The van der Waals surface area contributed by atoms with E-state index in [1.165, 1.54) is 11.1 Å². The molecule has 7 heteroatoms. The van der Waals surface area contributed by atoms with Crippen molar-refractivity contribution in [3.63, 3.8) is 0 Å². The zero-order chi connectivity index (χ0) is 18.7. The molecule has 1 aliphatic rings. The number of rotatable bonds is 8. The Labute approximate surface area is 149 Å². The number of carbonyl (C=O) groups excluding carboxylic acids is 2. The first-order chi connectivity index (χ1) is 12.1. The van der Waals surface area contributed by atoms with E-state index in [0.29, 0.717) is 32.8 Å². The van der Waals surface area contributed by atoms with Gasteiger partial charge in [0, 0.05) is 38.4 Å². The third-order valence-corrected chi connectivity index (χ3v) is 3.82. The topological polar surface area (TPSA) is 85.7 Å². The van der Waals surface area contributed by atoms with Crippen molar-refractivity contribution in [2.45, 2.75) is 25.8 Å². The molecule has 0 aromatic heterocycles. The Balaban J connectivity index is 2.59. The molecule has 0 bridgehead atoms. The molecule has 1 N–H and O–H groups in total. The van der Waals surface area contributed by atoms with Crippen molar-refractivity contribution in [1.82, 2.24) is 15.1 Å². The normalized spacial score (nSPS) is 15.0. The highest BCUT2D eigenvalue weighted by molar-refractivity contribution is 5.97. The Morgan fingerprint density at radius 1 is 1.32 bits per heavy atom. The maximum Gasteiger partial charge on any atom is 0.409 e. The Morgan fingerprint density at radius 2 is 1.92 bits per heavy atom. The van der Waals surface area contributed by atoms with Gasteiger partial charge in [0.2, 0.25) is 0 Å². The van der Waals surface area contributed by atoms with E-state index >= 15 is 0 Å². The summed E-state index contributed by atoms with van der Waals surface area (Å²) in [6.45, 7) is 11.2. The summed E-state index contributed by atoms with van der Waals surface area (Å²) in [5.74, 6) is -0.362. The Kier molecular flexibility index (Phi) is 8.86. The minimum Gasteiger partial charge on any atom is -0.450 e. The predicted molar refractivity (Wildman–Crippen MR) is 95.4 cm³/mol. The fraction of sp³-hybridized carbons (Fsp3) is 0.500. The van der Waals surface area contributed by atoms with E-state index in [0.717, 1.165) is 12.8 Å². The molecule has 7 nitrogen and oxygen atoms in total. The van der Waals surface area contributed by atoms with Crippen LogP contribution in [0.15, 0.2) is 37.1 Å². The van der Waals surface area contributed by atoms with E-state index in [-0.39, 0.29) is 23.6 Å². The summed E-state index contributed by atoms with van der Waals surface area (Å²) in [4.78, 5) is 27.2. The van der Waals surface area contributed by atoms with Gasteiger partial charge in [0.25, 0.3) is 5.91 Å². The molecule has 0 atom stereocenters. The number of ether oxygens (including phenoxy) is 1. The van der Waals surface area contributed by atoms with Crippen LogP contribution >= 0.6 is 0 Å². The highest BCUT2D eigenvalue weighted by Crippen LogP contribution is 2.12. The fourth-order valence-electron chi connectivity index (χ4n) is 2.51. The van der Waals surface area contributed by atoms with E-state index in [1.54, 1.807) is 24.0 Å². The average molecular weight is 346 g/mol. The molecule has 0 spiro atoms. The average Bonchev–Trinajstić information content (AvgIpc) is 2.62. The molecule has 136 valence electrons. The van der Waals surface area contributed by atoms with Crippen molar-refractivity contribution in [3.8, 4) is 6.07 Å². The summed E-state index contributed by atoms with van der Waals surface area (Å²) in [7, 11) is 0. The molecule has 1 saturated heterocycles. The molecule has 0 aromatic carbocycles. The number of piperidine rings is 1. The second-order valence-electron chi connectivity index (χ2n) is 5.58. The van der Waals surface area contributed by atoms with Crippen LogP contribution in [0.4, 0.5) is 4.79 Å². The zero-order valence-corrected chi connectivity index (χ0v) is 14.7. The van der Waals surface area contributed by atoms with E-state index in [4.69, 9.17) is 4.74 Å². The first-order valence-corrected chi connectivity index (χ1v) is 8.36. The van der Waals surface area contributed by atoms with Crippen LogP contribution in [0.3, 0.4) is 0 Å². The summed E-state index contributed by atoms with van der Waals surface area (Å²) in [5, 5.41) is 12.4. The molecule has 0 aromatic rings. The lowest BCUT2D eigenvalue weighted by molar-refractivity contribution is -0.125. The maximum atomic E-state index is 12.4.